The molecule has 21 heteroatoms. The van der Waals surface area contributed by atoms with Crippen LogP contribution in [0.5, 0.6) is 0 Å². The first-order valence-corrected chi connectivity index (χ1v) is 18.8. The average Bonchev–Trinajstić information content (AvgIpc) is 3.61. The fourth-order valence-corrected chi connectivity index (χ4v) is 5.85. The summed E-state index contributed by atoms with van der Waals surface area (Å²) in [4.78, 5) is 90.1. The van der Waals surface area contributed by atoms with Crippen LogP contribution in [0.4, 0.5) is 0 Å². The highest BCUT2D eigenvalue weighted by molar-refractivity contribution is 7.46. The second kappa shape index (κ2) is 22.4. The molecule has 0 fully saturated rings. The minimum absolute atomic E-state index is 0.0489. The van der Waals surface area contributed by atoms with E-state index in [0.717, 1.165) is 25.3 Å². The highest BCUT2D eigenvalue weighted by Crippen LogP contribution is 2.38. The van der Waals surface area contributed by atoms with Crippen LogP contribution >= 0.6 is 7.82 Å². The molecule has 0 bridgehead atoms. The van der Waals surface area contributed by atoms with Crippen LogP contribution in [0.2, 0.25) is 0 Å². The number of aryl methyl sites for hydroxylation is 1. The normalized spacial score (nSPS) is 14.6. The highest BCUT2D eigenvalue weighted by atomic mass is 31.2. The number of carbonyl (C=O) groups excluding carboxylic acids is 5. The second-order valence-electron chi connectivity index (χ2n) is 13.0. The zero-order valence-corrected chi connectivity index (χ0v) is 31.4. The predicted molar refractivity (Wildman–Crippen MR) is 196 cm³/mol. The van der Waals surface area contributed by atoms with E-state index < -0.39 is 74.2 Å². The van der Waals surface area contributed by atoms with Gasteiger partial charge in [0.25, 0.3) is 0 Å². The molecule has 0 spiro atoms. The number of nitrogens with two attached hydrogens (primary N) is 3. The largest absolute Gasteiger partial charge is 0.469 e. The molecule has 0 unspecified atom stereocenters. The van der Waals surface area contributed by atoms with Gasteiger partial charge in [0, 0.05) is 43.2 Å². The van der Waals surface area contributed by atoms with Gasteiger partial charge in [0.15, 0.2) is 0 Å². The smallest absolute Gasteiger partial charge is 0.403 e. The Bertz CT molecular complexity index is 1590. The third kappa shape index (κ3) is 16.4. The Balaban J connectivity index is 2.11. The number of H-pyrrole nitrogens is 1. The summed E-state index contributed by atoms with van der Waals surface area (Å²) in [6.07, 6.45) is 4.22. The van der Waals surface area contributed by atoms with Crippen LogP contribution in [0.3, 0.4) is 0 Å². The summed E-state index contributed by atoms with van der Waals surface area (Å²) in [5.41, 5.74) is 13.2. The molecule has 0 aliphatic carbocycles. The Labute approximate surface area is 313 Å². The van der Waals surface area contributed by atoms with E-state index in [1.165, 1.54) is 23.7 Å². The molecular weight excluding hydrogens is 727 g/mol. The Morgan fingerprint density at radius 1 is 0.963 bits per heavy atom. The summed E-state index contributed by atoms with van der Waals surface area (Å²) in [7, 11) is -5.09. The van der Waals surface area contributed by atoms with E-state index in [4.69, 9.17) is 27.1 Å². The fraction of sp³-hybridized carbons (Fsp3) is 0.515. The third-order valence-corrected chi connectivity index (χ3v) is 8.65. The lowest BCUT2D eigenvalue weighted by molar-refractivity contribution is -0.135. The third-order valence-electron chi connectivity index (χ3n) is 8.04. The van der Waals surface area contributed by atoms with E-state index in [-0.39, 0.29) is 31.6 Å². The van der Waals surface area contributed by atoms with Gasteiger partial charge in [-0.3, -0.25) is 28.5 Å². The van der Waals surface area contributed by atoms with Crippen molar-refractivity contribution in [3.8, 4) is 0 Å². The average molecular weight is 781 g/mol. The molecule has 54 heavy (non-hydrogen) atoms. The van der Waals surface area contributed by atoms with Gasteiger partial charge in [-0.25, -0.2) is 15.4 Å². The summed E-state index contributed by atoms with van der Waals surface area (Å²) in [5, 5.41) is 21.1. The molecule has 14 N–H and O–H groups in total. The van der Waals surface area contributed by atoms with Crippen molar-refractivity contribution >= 4 is 37.4 Å². The summed E-state index contributed by atoms with van der Waals surface area (Å²) < 4.78 is 15.7. The number of rotatable bonds is 24. The molecule has 1 heterocycles. The number of nitrogens with zero attached hydrogens (tertiary/aromatic N) is 2. The van der Waals surface area contributed by atoms with Crippen molar-refractivity contribution in [1.82, 2.24) is 36.2 Å². The first-order valence-electron chi connectivity index (χ1n) is 17.2. The maximum atomic E-state index is 13.6. The van der Waals surface area contributed by atoms with Crippen LogP contribution in [0, 0.1) is 5.92 Å². The second-order valence-corrected chi connectivity index (χ2v) is 14.2. The number of hydrogen-bond acceptors (Lipinski definition) is 12. The maximum Gasteiger partial charge on any atom is 0.469 e. The Kier molecular flexibility index (Phi) is 18.8. The monoisotopic (exact) mass is 780 g/mol. The molecule has 0 aliphatic rings. The molecule has 5 atom stereocenters. The van der Waals surface area contributed by atoms with Gasteiger partial charge in [0.1, 0.15) is 24.2 Å². The Hall–Kier alpha value is -4.85. The van der Waals surface area contributed by atoms with E-state index in [2.05, 4.69) is 35.8 Å². The zero-order valence-electron chi connectivity index (χ0n) is 30.5. The van der Waals surface area contributed by atoms with Gasteiger partial charge < -0.3 is 57.6 Å². The number of benzene rings is 1. The van der Waals surface area contributed by atoms with Gasteiger partial charge in [0.05, 0.1) is 19.0 Å². The van der Waals surface area contributed by atoms with Gasteiger partial charge in [-0.1, -0.05) is 44.2 Å². The van der Waals surface area contributed by atoms with E-state index >= 15 is 0 Å². The number of aromatic amines is 1. The SMILES string of the molecule is CC(C)C[C@H](NC(=O)CC/C(=C/N)N(N)CCCc1ccccc1)C(=O)N[C@@H](Cc1cnc[nH]1)C(=O)N[C@@H](CO)C(=O)N[C@H](C(N)=O)[C@@H](C)OP(=O)(O)O. The molecular formula is C33H53N10O10P. The Morgan fingerprint density at radius 3 is 2.15 bits per heavy atom. The molecule has 0 radical (unpaired) electrons. The number of aromatic nitrogens is 2. The number of aliphatic hydroxyl groups is 1. The fourth-order valence-electron chi connectivity index (χ4n) is 5.29. The quantitative estimate of drug-likeness (QED) is 0.0322. The van der Waals surface area contributed by atoms with Crippen LogP contribution in [-0.4, -0.2) is 103 Å². The molecule has 0 saturated heterocycles. The predicted octanol–water partition coefficient (Wildman–Crippen LogP) is -1.70. The summed E-state index contributed by atoms with van der Waals surface area (Å²) in [6, 6.07) is 3.97. The minimum Gasteiger partial charge on any atom is -0.403 e. The highest BCUT2D eigenvalue weighted by Gasteiger charge is 2.35. The lowest BCUT2D eigenvalue weighted by atomic mass is 10.0. The standard InChI is InChI=1S/C33H53N10O10P/c1-20(2)14-25(39-28(45)12-11-24(16-34)43(36)13-7-10-22-8-5-4-6-9-22)31(47)40-26(15-23-17-37-19-38-23)32(48)41-27(18-44)33(49)42-29(30(35)46)21(3)53-54(50,51)52/h4-6,8-9,16-17,19-21,25-27,29,44H,7,10-15,18,34,36H2,1-3H3,(H2,35,46)(H,37,38)(H,39,45)(H,40,47)(H,41,48)(H,42,49)(H2,50,51,52)/b24-16-/t21-,25+,26+,27+,29+/m1/s1. The van der Waals surface area contributed by atoms with Crippen molar-refractivity contribution in [2.45, 2.75) is 89.6 Å². The molecule has 20 nitrogen and oxygen atoms in total. The molecule has 2 aromatic rings. The lowest BCUT2D eigenvalue weighted by Crippen LogP contribution is -2.60. The summed E-state index contributed by atoms with van der Waals surface area (Å²) in [5.74, 6) is 1.66. The van der Waals surface area contributed by atoms with Gasteiger partial charge >= 0.3 is 7.82 Å². The molecule has 300 valence electrons. The van der Waals surface area contributed by atoms with E-state index in [1.807, 2.05) is 44.2 Å². The number of aliphatic hydroxyl groups excluding tert-OH is 1. The van der Waals surface area contributed by atoms with Crippen LogP contribution in [0.25, 0.3) is 0 Å². The summed E-state index contributed by atoms with van der Waals surface area (Å²) in [6.45, 7) is 4.26. The molecule has 5 amide bonds. The van der Waals surface area contributed by atoms with Gasteiger partial charge in [0.2, 0.25) is 29.5 Å². The maximum absolute atomic E-state index is 13.6. The number of primary amides is 1. The number of phosphoric acid groups is 1. The van der Waals surface area contributed by atoms with E-state index in [9.17, 15) is 33.6 Å². The van der Waals surface area contributed by atoms with Crippen molar-refractivity contribution in [3.63, 3.8) is 0 Å². The van der Waals surface area contributed by atoms with Crippen molar-refractivity contribution in [2.24, 2.45) is 23.2 Å². The topological polar surface area (TPSA) is 330 Å². The van der Waals surface area contributed by atoms with Crippen LogP contribution in [0.1, 0.15) is 57.7 Å². The number of phosphoric ester groups is 1. The molecule has 1 aromatic carbocycles. The number of amides is 5. The number of imidazole rings is 1. The number of allylic oxidation sites excluding steroid dienone is 1. The first-order chi connectivity index (χ1) is 25.4. The van der Waals surface area contributed by atoms with Gasteiger partial charge in [-0.2, -0.15) is 0 Å². The Morgan fingerprint density at radius 2 is 1.59 bits per heavy atom. The van der Waals surface area contributed by atoms with Crippen molar-refractivity contribution in [2.75, 3.05) is 13.2 Å². The van der Waals surface area contributed by atoms with Gasteiger partial charge in [-0.15, -0.1) is 0 Å². The number of hydrazine groups is 1. The van der Waals surface area contributed by atoms with Crippen LogP contribution in [0.15, 0.2) is 54.8 Å². The van der Waals surface area contributed by atoms with Crippen molar-refractivity contribution in [3.05, 3.63) is 66.0 Å². The number of carbonyl (C=O) groups is 5. The first kappa shape index (κ1) is 45.3. The molecule has 1 aromatic heterocycles. The summed E-state index contributed by atoms with van der Waals surface area (Å²) >= 11 is 0. The number of hydrogen-bond donors (Lipinski definition) is 11. The van der Waals surface area contributed by atoms with Gasteiger partial charge in [-0.05, 0) is 44.1 Å². The van der Waals surface area contributed by atoms with Crippen molar-refractivity contribution < 1.29 is 48.0 Å². The molecule has 0 saturated carbocycles. The molecule has 0 aliphatic heterocycles. The van der Waals surface area contributed by atoms with E-state index in [0.29, 0.717) is 17.9 Å². The molecule has 2 rings (SSSR count). The van der Waals surface area contributed by atoms with Crippen molar-refractivity contribution in [1.29, 1.82) is 0 Å². The minimum atomic E-state index is -5.09. The van der Waals surface area contributed by atoms with Crippen LogP contribution < -0.4 is 38.6 Å². The zero-order chi connectivity index (χ0) is 40.4. The number of nitrogens with one attached hydrogen (secondary N) is 5. The van der Waals surface area contributed by atoms with Crippen LogP contribution in [-0.2, 0) is 45.9 Å². The van der Waals surface area contributed by atoms with E-state index in [1.54, 1.807) is 0 Å². The lowest BCUT2D eigenvalue weighted by Gasteiger charge is -2.27.